The molecule has 2 aromatic rings. The number of carbonyl (C=O) groups is 2. The third kappa shape index (κ3) is 4.04. The summed E-state index contributed by atoms with van der Waals surface area (Å²) in [6.45, 7) is 5.56. The average Bonchev–Trinajstić information content (AvgIpc) is 3.38. The van der Waals surface area contributed by atoms with Gasteiger partial charge in [-0.2, -0.15) is 5.10 Å². The van der Waals surface area contributed by atoms with Gasteiger partial charge in [0.05, 0.1) is 25.3 Å². The van der Waals surface area contributed by atoms with Crippen LogP contribution >= 0.6 is 0 Å². The predicted octanol–water partition coefficient (Wildman–Crippen LogP) is 1.14. The molecule has 2 aliphatic heterocycles. The van der Waals surface area contributed by atoms with E-state index in [9.17, 15) is 9.59 Å². The third-order valence-corrected chi connectivity index (χ3v) is 5.82. The number of aryl methyl sites for hydroxylation is 1. The number of nitrogens with zero attached hydrogens (tertiary/aromatic N) is 3. The average molecular weight is 397 g/mol. The van der Waals surface area contributed by atoms with Gasteiger partial charge in [-0.1, -0.05) is 6.07 Å². The summed E-state index contributed by atoms with van der Waals surface area (Å²) >= 11 is 0. The molecule has 154 valence electrons. The van der Waals surface area contributed by atoms with E-state index < -0.39 is 0 Å². The first-order valence-electron chi connectivity index (χ1n) is 10.0. The zero-order valence-corrected chi connectivity index (χ0v) is 16.9. The molecule has 3 heterocycles. The first-order valence-corrected chi connectivity index (χ1v) is 10.0. The Balaban J connectivity index is 1.50. The summed E-state index contributed by atoms with van der Waals surface area (Å²) in [4.78, 5) is 27.7. The minimum atomic E-state index is -0.183. The molecule has 2 atom stereocenters. The van der Waals surface area contributed by atoms with Gasteiger partial charge < -0.3 is 20.3 Å². The highest BCUT2D eigenvalue weighted by molar-refractivity contribution is 6.00. The molecule has 2 fully saturated rings. The zero-order valence-electron chi connectivity index (χ0n) is 16.9. The normalized spacial score (nSPS) is 21.9. The first-order chi connectivity index (χ1) is 14.0. The fourth-order valence-corrected chi connectivity index (χ4v) is 4.10. The van der Waals surface area contributed by atoms with E-state index in [1.807, 2.05) is 44.6 Å². The van der Waals surface area contributed by atoms with Crippen LogP contribution in [0.3, 0.4) is 0 Å². The number of amides is 2. The lowest BCUT2D eigenvalue weighted by molar-refractivity contribution is -0.119. The van der Waals surface area contributed by atoms with Gasteiger partial charge in [0.1, 0.15) is 0 Å². The molecule has 1 aromatic carbocycles. The largest absolute Gasteiger partial charge is 0.378 e. The topological polar surface area (TPSA) is 88.5 Å². The van der Waals surface area contributed by atoms with Crippen LogP contribution in [-0.4, -0.2) is 65.9 Å². The van der Waals surface area contributed by atoms with E-state index >= 15 is 0 Å². The Morgan fingerprint density at radius 3 is 2.76 bits per heavy atom. The molecule has 2 amide bonds. The molecule has 0 radical (unpaired) electrons. The molecule has 2 aliphatic rings. The molecule has 0 spiro atoms. The molecule has 4 rings (SSSR count). The van der Waals surface area contributed by atoms with Gasteiger partial charge in [0.15, 0.2) is 0 Å². The molecule has 1 aromatic heterocycles. The fraction of sp³-hybridized carbons (Fsp3) is 0.476. The summed E-state index contributed by atoms with van der Waals surface area (Å²) in [5.74, 6) is -0.153. The number of ether oxygens (including phenoxy) is 1. The lowest BCUT2D eigenvalue weighted by atomic mass is 9.90. The molecule has 2 saturated heterocycles. The van der Waals surface area contributed by atoms with Gasteiger partial charge in [0, 0.05) is 56.6 Å². The Bertz CT molecular complexity index is 903. The summed E-state index contributed by atoms with van der Waals surface area (Å²) in [6.07, 6.45) is 3.79. The fourth-order valence-electron chi connectivity index (χ4n) is 4.10. The van der Waals surface area contributed by atoms with Crippen LogP contribution in [0.5, 0.6) is 0 Å². The first kappa shape index (κ1) is 19.6. The van der Waals surface area contributed by atoms with E-state index in [4.69, 9.17) is 4.74 Å². The number of carbonyl (C=O) groups excluding carboxylic acids is 2. The molecule has 8 heteroatoms. The molecule has 0 aliphatic carbocycles. The number of nitrogens with one attached hydrogen (secondary N) is 2. The monoisotopic (exact) mass is 397 g/mol. The quantitative estimate of drug-likeness (QED) is 0.808. The summed E-state index contributed by atoms with van der Waals surface area (Å²) < 4.78 is 7.09. The van der Waals surface area contributed by atoms with Crippen molar-refractivity contribution in [2.45, 2.75) is 12.8 Å². The molecular formula is C21H27N5O3. The number of aromatic nitrogens is 2. The lowest BCUT2D eigenvalue weighted by Gasteiger charge is -2.27. The van der Waals surface area contributed by atoms with Crippen molar-refractivity contribution < 1.29 is 14.3 Å². The highest BCUT2D eigenvalue weighted by Crippen LogP contribution is 2.30. The summed E-state index contributed by atoms with van der Waals surface area (Å²) in [5.41, 5.74) is 3.16. The maximum Gasteiger partial charge on any atom is 0.254 e. The number of anilines is 1. The maximum atomic E-state index is 13.1. The van der Waals surface area contributed by atoms with Gasteiger partial charge in [-0.15, -0.1) is 0 Å². The van der Waals surface area contributed by atoms with Crippen LogP contribution < -0.4 is 10.6 Å². The van der Waals surface area contributed by atoms with Crippen molar-refractivity contribution in [3.63, 3.8) is 0 Å². The summed E-state index contributed by atoms with van der Waals surface area (Å²) in [5, 5.41) is 10.6. The van der Waals surface area contributed by atoms with E-state index in [1.54, 1.807) is 9.58 Å². The highest BCUT2D eigenvalue weighted by atomic mass is 16.5. The second-order valence-electron chi connectivity index (χ2n) is 7.69. The Morgan fingerprint density at radius 2 is 2.03 bits per heavy atom. The predicted molar refractivity (Wildman–Crippen MR) is 109 cm³/mol. The smallest absolute Gasteiger partial charge is 0.254 e. The molecule has 8 nitrogen and oxygen atoms in total. The molecule has 2 N–H and O–H groups in total. The van der Waals surface area contributed by atoms with Gasteiger partial charge in [-0.05, 0) is 30.2 Å². The van der Waals surface area contributed by atoms with Crippen molar-refractivity contribution in [1.82, 2.24) is 20.0 Å². The minimum Gasteiger partial charge on any atom is -0.378 e. The van der Waals surface area contributed by atoms with Gasteiger partial charge in [0.25, 0.3) is 5.91 Å². The summed E-state index contributed by atoms with van der Waals surface area (Å²) in [6, 6.07) is 5.49. The maximum absolute atomic E-state index is 13.1. The van der Waals surface area contributed by atoms with Crippen LogP contribution in [0.25, 0.3) is 0 Å². The van der Waals surface area contributed by atoms with Crippen molar-refractivity contribution in [1.29, 1.82) is 0 Å². The Kier molecular flexibility index (Phi) is 5.64. The Labute approximate surface area is 170 Å². The Morgan fingerprint density at radius 1 is 1.24 bits per heavy atom. The van der Waals surface area contributed by atoms with Crippen LogP contribution in [0.1, 0.15) is 27.4 Å². The van der Waals surface area contributed by atoms with Gasteiger partial charge >= 0.3 is 0 Å². The van der Waals surface area contributed by atoms with E-state index in [0.29, 0.717) is 44.1 Å². The molecule has 29 heavy (non-hydrogen) atoms. The van der Waals surface area contributed by atoms with Crippen LogP contribution in [0.15, 0.2) is 30.6 Å². The number of morpholine rings is 1. The van der Waals surface area contributed by atoms with E-state index in [2.05, 4.69) is 15.7 Å². The van der Waals surface area contributed by atoms with E-state index in [0.717, 1.165) is 17.7 Å². The zero-order chi connectivity index (χ0) is 20.4. The number of hydrogen-bond donors (Lipinski definition) is 2. The third-order valence-electron chi connectivity index (χ3n) is 5.82. The second-order valence-corrected chi connectivity index (χ2v) is 7.69. The standard InChI is InChI=1S/C21H27N5O3/c1-14-16(21(28)26-6-8-29-9-7-26)4-3-5-19(14)24-20(27)18-12-22-11-17(18)15-10-23-25(2)13-15/h3-5,10,13,17-18,22H,6-9,11-12H2,1-2H3,(H,24,27)/t17-,18+/m1/s1. The van der Waals surface area contributed by atoms with Crippen molar-refractivity contribution >= 4 is 17.5 Å². The van der Waals surface area contributed by atoms with Crippen LogP contribution in [0.2, 0.25) is 0 Å². The van der Waals surface area contributed by atoms with Crippen molar-refractivity contribution in [3.05, 3.63) is 47.3 Å². The number of rotatable bonds is 4. The number of hydrogen-bond acceptors (Lipinski definition) is 5. The van der Waals surface area contributed by atoms with Crippen LogP contribution in [0, 0.1) is 12.8 Å². The van der Waals surface area contributed by atoms with Crippen molar-refractivity contribution in [2.24, 2.45) is 13.0 Å². The SMILES string of the molecule is Cc1c(NC(=O)[C@H]2CNC[C@@H]2c2cnn(C)c2)cccc1C(=O)N1CCOCC1. The minimum absolute atomic E-state index is 0.0160. The van der Waals surface area contributed by atoms with Crippen molar-refractivity contribution in [2.75, 3.05) is 44.7 Å². The Hall–Kier alpha value is -2.71. The number of benzene rings is 1. The van der Waals surface area contributed by atoms with Gasteiger partial charge in [-0.25, -0.2) is 0 Å². The molecular weight excluding hydrogens is 370 g/mol. The van der Waals surface area contributed by atoms with Crippen LogP contribution in [0.4, 0.5) is 5.69 Å². The lowest BCUT2D eigenvalue weighted by Crippen LogP contribution is -2.41. The van der Waals surface area contributed by atoms with E-state index in [1.165, 1.54) is 0 Å². The van der Waals surface area contributed by atoms with Crippen LogP contribution in [-0.2, 0) is 16.6 Å². The van der Waals surface area contributed by atoms with Gasteiger partial charge in [0.2, 0.25) is 5.91 Å². The molecule has 0 bridgehead atoms. The van der Waals surface area contributed by atoms with E-state index in [-0.39, 0.29) is 23.7 Å². The summed E-state index contributed by atoms with van der Waals surface area (Å²) in [7, 11) is 1.88. The molecule has 0 saturated carbocycles. The molecule has 0 unspecified atom stereocenters. The second kappa shape index (κ2) is 8.34. The van der Waals surface area contributed by atoms with Crippen molar-refractivity contribution in [3.8, 4) is 0 Å². The van der Waals surface area contributed by atoms with Gasteiger partial charge in [-0.3, -0.25) is 14.3 Å². The highest BCUT2D eigenvalue weighted by Gasteiger charge is 2.35.